The van der Waals surface area contributed by atoms with Gasteiger partial charge in [0.25, 0.3) is 5.56 Å². The predicted octanol–water partition coefficient (Wildman–Crippen LogP) is 5.08. The molecule has 0 radical (unpaired) electrons. The fraction of sp³-hybridized carbons (Fsp3) is 0.0370. The largest absolute Gasteiger partial charge is 0.324 e. The van der Waals surface area contributed by atoms with Crippen LogP contribution in [0.4, 0.5) is 5.69 Å². The molecule has 0 bridgehead atoms. The summed E-state index contributed by atoms with van der Waals surface area (Å²) in [7, 11) is 0. The fourth-order valence-corrected chi connectivity index (χ4v) is 4.69. The smallest absolute Gasteiger partial charge is 0.267 e. The number of fused-ring (bicyclic) bond motifs is 2. The first-order valence-corrected chi connectivity index (χ1v) is 11.9. The molecule has 0 aliphatic heterocycles. The van der Waals surface area contributed by atoms with Gasteiger partial charge < -0.3 is 5.32 Å². The molecule has 3 aromatic heterocycles. The van der Waals surface area contributed by atoms with Gasteiger partial charge in [0, 0.05) is 40.7 Å². The maximum atomic E-state index is 12.7. The van der Waals surface area contributed by atoms with E-state index in [1.165, 1.54) is 10.7 Å². The topological polar surface area (TPSA) is 81.3 Å². The van der Waals surface area contributed by atoms with Crippen LogP contribution in [0.2, 0.25) is 0 Å². The van der Waals surface area contributed by atoms with Crippen LogP contribution in [0.3, 0.4) is 0 Å². The van der Waals surface area contributed by atoms with Crippen LogP contribution >= 0.6 is 11.3 Å². The second-order valence-corrected chi connectivity index (χ2v) is 8.99. The summed E-state index contributed by atoms with van der Waals surface area (Å²) in [5.74, 6) is -0.328. The molecule has 3 aromatic carbocycles. The Labute approximate surface area is 203 Å². The minimum Gasteiger partial charge on any atom is -0.324 e. The monoisotopic (exact) mass is 477 g/mol. The van der Waals surface area contributed by atoms with Crippen LogP contribution in [0.25, 0.3) is 38.2 Å². The molecule has 0 atom stereocenters. The van der Waals surface area contributed by atoms with Crippen molar-refractivity contribution in [2.75, 3.05) is 5.32 Å². The standard InChI is InChI=1S/C27H19N5O2S/c33-25(28-22-9-7-19(8-10-22)24-16-31-13-14-35-27(31)29-24)17-32-26(34)12-11-23(30-32)21-6-5-18-3-1-2-4-20(18)15-21/h1-16H,17H2,(H,28,33). The Bertz CT molecular complexity index is 1720. The lowest BCUT2D eigenvalue weighted by Crippen LogP contribution is -2.29. The average molecular weight is 478 g/mol. The molecule has 0 saturated heterocycles. The summed E-state index contributed by atoms with van der Waals surface area (Å²) in [6.07, 6.45) is 3.94. The van der Waals surface area contributed by atoms with Gasteiger partial charge in [-0.25, -0.2) is 9.67 Å². The molecule has 0 fully saturated rings. The zero-order valence-electron chi connectivity index (χ0n) is 18.5. The number of hydrogen-bond donors (Lipinski definition) is 1. The molecule has 3 heterocycles. The molecule has 0 saturated carbocycles. The highest BCUT2D eigenvalue weighted by atomic mass is 32.1. The van der Waals surface area contributed by atoms with E-state index in [9.17, 15) is 9.59 Å². The summed E-state index contributed by atoms with van der Waals surface area (Å²) in [5.41, 5.74) is 3.65. The van der Waals surface area contributed by atoms with Crippen LogP contribution in [0.5, 0.6) is 0 Å². The second-order valence-electron chi connectivity index (χ2n) is 8.12. The summed E-state index contributed by atoms with van der Waals surface area (Å²) < 4.78 is 3.17. The van der Waals surface area contributed by atoms with E-state index in [2.05, 4.69) is 15.4 Å². The van der Waals surface area contributed by atoms with E-state index in [1.54, 1.807) is 17.4 Å². The lowest BCUT2D eigenvalue weighted by molar-refractivity contribution is -0.117. The number of nitrogens with zero attached hydrogens (tertiary/aromatic N) is 4. The molecular weight excluding hydrogens is 458 g/mol. The van der Waals surface area contributed by atoms with E-state index < -0.39 is 0 Å². The molecule has 0 spiro atoms. The van der Waals surface area contributed by atoms with Gasteiger partial charge in [0.15, 0.2) is 4.96 Å². The fourth-order valence-electron chi connectivity index (χ4n) is 3.99. The lowest BCUT2D eigenvalue weighted by atomic mass is 10.1. The van der Waals surface area contributed by atoms with Gasteiger partial charge in [-0.1, -0.05) is 48.5 Å². The van der Waals surface area contributed by atoms with Gasteiger partial charge in [-0.3, -0.25) is 14.0 Å². The van der Waals surface area contributed by atoms with E-state index in [4.69, 9.17) is 0 Å². The van der Waals surface area contributed by atoms with Gasteiger partial charge in [-0.05, 0) is 35.0 Å². The lowest BCUT2D eigenvalue weighted by Gasteiger charge is -2.09. The Hall–Kier alpha value is -4.56. The maximum Gasteiger partial charge on any atom is 0.267 e. The number of carbonyl (C=O) groups is 1. The number of carbonyl (C=O) groups excluding carboxylic acids is 1. The SMILES string of the molecule is O=C(Cn1nc(-c2ccc3ccccc3c2)ccc1=O)Nc1ccc(-c2cn3ccsc3n2)cc1. The summed E-state index contributed by atoms with van der Waals surface area (Å²) in [6.45, 7) is -0.181. The zero-order chi connectivity index (χ0) is 23.8. The van der Waals surface area contributed by atoms with Gasteiger partial charge >= 0.3 is 0 Å². The molecule has 1 N–H and O–H groups in total. The molecule has 0 aliphatic rings. The highest BCUT2D eigenvalue weighted by molar-refractivity contribution is 7.15. The molecule has 170 valence electrons. The van der Waals surface area contributed by atoms with Crippen LogP contribution in [0.1, 0.15) is 0 Å². The van der Waals surface area contributed by atoms with Crippen molar-refractivity contribution < 1.29 is 4.79 Å². The quantitative estimate of drug-likeness (QED) is 0.376. The van der Waals surface area contributed by atoms with Crippen molar-refractivity contribution in [1.82, 2.24) is 19.2 Å². The van der Waals surface area contributed by atoms with Crippen molar-refractivity contribution in [2.24, 2.45) is 0 Å². The minimum atomic E-state index is -0.334. The molecule has 8 heteroatoms. The molecule has 0 unspecified atom stereocenters. The molecule has 6 aromatic rings. The minimum absolute atomic E-state index is 0.181. The number of imidazole rings is 1. The number of anilines is 1. The summed E-state index contributed by atoms with van der Waals surface area (Å²) in [4.78, 5) is 30.6. The van der Waals surface area contributed by atoms with Crippen molar-refractivity contribution in [3.63, 3.8) is 0 Å². The Morgan fingerprint density at radius 2 is 1.69 bits per heavy atom. The van der Waals surface area contributed by atoms with E-state index in [-0.39, 0.29) is 18.0 Å². The molecular formula is C27H19N5O2S. The third kappa shape index (κ3) is 4.22. The zero-order valence-corrected chi connectivity index (χ0v) is 19.3. The van der Waals surface area contributed by atoms with E-state index in [0.717, 1.165) is 32.6 Å². The van der Waals surface area contributed by atoms with Gasteiger partial charge in [-0.2, -0.15) is 5.10 Å². The first-order valence-electron chi connectivity index (χ1n) is 11.0. The number of benzene rings is 3. The van der Waals surface area contributed by atoms with E-state index in [1.807, 2.05) is 88.9 Å². The highest BCUT2D eigenvalue weighted by Crippen LogP contribution is 2.24. The first-order chi connectivity index (χ1) is 17.1. The highest BCUT2D eigenvalue weighted by Gasteiger charge is 2.10. The Morgan fingerprint density at radius 1 is 0.886 bits per heavy atom. The Morgan fingerprint density at radius 3 is 2.51 bits per heavy atom. The van der Waals surface area contributed by atoms with Gasteiger partial charge in [0.2, 0.25) is 5.91 Å². The molecule has 0 aliphatic carbocycles. The molecule has 7 nitrogen and oxygen atoms in total. The van der Waals surface area contributed by atoms with Crippen molar-refractivity contribution in [1.29, 1.82) is 0 Å². The van der Waals surface area contributed by atoms with Gasteiger partial charge in [0.05, 0.1) is 11.4 Å². The van der Waals surface area contributed by atoms with Crippen molar-refractivity contribution in [3.8, 4) is 22.5 Å². The third-order valence-corrected chi connectivity index (χ3v) is 6.53. The van der Waals surface area contributed by atoms with Crippen LogP contribution < -0.4 is 10.9 Å². The number of hydrogen-bond acceptors (Lipinski definition) is 5. The van der Waals surface area contributed by atoms with Crippen LogP contribution in [0, 0.1) is 0 Å². The molecule has 6 rings (SSSR count). The predicted molar refractivity (Wildman–Crippen MR) is 139 cm³/mol. The molecule has 35 heavy (non-hydrogen) atoms. The Kier molecular flexibility index (Phi) is 5.20. The van der Waals surface area contributed by atoms with Crippen LogP contribution in [-0.4, -0.2) is 25.1 Å². The third-order valence-electron chi connectivity index (χ3n) is 5.76. The normalized spacial score (nSPS) is 11.2. The van der Waals surface area contributed by atoms with Crippen molar-refractivity contribution in [3.05, 3.63) is 107 Å². The maximum absolute atomic E-state index is 12.7. The van der Waals surface area contributed by atoms with Gasteiger partial charge in [-0.15, -0.1) is 11.3 Å². The number of amides is 1. The van der Waals surface area contributed by atoms with Crippen molar-refractivity contribution in [2.45, 2.75) is 6.54 Å². The van der Waals surface area contributed by atoms with E-state index in [0.29, 0.717) is 11.4 Å². The average Bonchev–Trinajstić information content (AvgIpc) is 3.48. The number of nitrogens with one attached hydrogen (secondary N) is 1. The Balaban J connectivity index is 1.18. The molecule has 1 amide bonds. The second kappa shape index (κ2) is 8.66. The number of thiazole rings is 1. The van der Waals surface area contributed by atoms with Crippen molar-refractivity contribution >= 4 is 38.7 Å². The summed E-state index contributed by atoms with van der Waals surface area (Å²) >= 11 is 1.58. The van der Waals surface area contributed by atoms with Gasteiger partial charge in [0.1, 0.15) is 6.54 Å². The summed E-state index contributed by atoms with van der Waals surface area (Å²) in [5, 5.41) is 11.5. The number of rotatable bonds is 5. The summed E-state index contributed by atoms with van der Waals surface area (Å²) in [6, 6.07) is 24.6. The number of aromatic nitrogens is 4. The van der Waals surface area contributed by atoms with Crippen LogP contribution in [0.15, 0.2) is 101 Å². The van der Waals surface area contributed by atoms with Crippen LogP contribution in [-0.2, 0) is 11.3 Å². The first kappa shape index (κ1) is 21.0. The van der Waals surface area contributed by atoms with E-state index >= 15 is 0 Å².